The third kappa shape index (κ3) is 3.00. The summed E-state index contributed by atoms with van der Waals surface area (Å²) in [6.07, 6.45) is 2.58. The molecule has 1 fully saturated rings. The molecule has 1 aromatic rings. The van der Waals surface area contributed by atoms with Crippen molar-refractivity contribution in [2.45, 2.75) is 31.1 Å². The van der Waals surface area contributed by atoms with Gasteiger partial charge in [0.2, 0.25) is 15.9 Å². The van der Waals surface area contributed by atoms with Crippen LogP contribution in [0.5, 0.6) is 0 Å². The molecule has 2 aliphatic heterocycles. The number of aryl methyl sites for hydroxylation is 1. The van der Waals surface area contributed by atoms with Gasteiger partial charge in [0, 0.05) is 32.2 Å². The molecule has 1 amide bonds. The Morgan fingerprint density at radius 2 is 2.13 bits per heavy atom. The van der Waals surface area contributed by atoms with Gasteiger partial charge >= 0.3 is 0 Å². The van der Waals surface area contributed by atoms with E-state index >= 15 is 0 Å². The molecule has 0 saturated carbocycles. The van der Waals surface area contributed by atoms with Gasteiger partial charge in [-0.3, -0.25) is 4.79 Å². The molecule has 2 aliphatic rings. The number of fused-ring (bicyclic) bond motifs is 1. The van der Waals surface area contributed by atoms with Gasteiger partial charge in [-0.15, -0.1) is 0 Å². The molecule has 1 saturated heterocycles. The number of nitrogens with two attached hydrogens (primary N) is 1. The Labute approximate surface area is 137 Å². The zero-order chi connectivity index (χ0) is 16.6. The molecule has 1 unspecified atom stereocenters. The van der Waals surface area contributed by atoms with Crippen molar-refractivity contribution in [2.75, 3.05) is 31.1 Å². The highest BCUT2D eigenvalue weighted by Crippen LogP contribution is 2.32. The van der Waals surface area contributed by atoms with E-state index in [2.05, 4.69) is 0 Å². The summed E-state index contributed by atoms with van der Waals surface area (Å²) in [6.45, 7) is 3.66. The third-order valence-electron chi connectivity index (χ3n) is 4.78. The topological polar surface area (TPSA) is 83.7 Å². The highest BCUT2D eigenvalue weighted by Gasteiger charge is 2.33. The van der Waals surface area contributed by atoms with Crippen molar-refractivity contribution < 1.29 is 13.2 Å². The molecule has 2 N–H and O–H groups in total. The summed E-state index contributed by atoms with van der Waals surface area (Å²) in [7, 11) is -3.52. The molecule has 7 heteroatoms. The predicted molar refractivity (Wildman–Crippen MR) is 88.7 cm³/mol. The summed E-state index contributed by atoms with van der Waals surface area (Å²) in [5.41, 5.74) is 7.42. The Morgan fingerprint density at radius 1 is 1.35 bits per heavy atom. The lowest BCUT2D eigenvalue weighted by molar-refractivity contribution is -0.116. The molecule has 6 nitrogen and oxygen atoms in total. The molecule has 2 heterocycles. The maximum Gasteiger partial charge on any atom is 0.243 e. The Hall–Kier alpha value is -1.44. The molecule has 0 spiro atoms. The monoisotopic (exact) mass is 337 g/mol. The second-order valence-corrected chi connectivity index (χ2v) is 8.26. The molecule has 3 rings (SSSR count). The lowest BCUT2D eigenvalue weighted by Crippen LogP contribution is -2.34. The maximum absolute atomic E-state index is 12.8. The van der Waals surface area contributed by atoms with E-state index in [-0.39, 0.29) is 16.7 Å². The van der Waals surface area contributed by atoms with Crippen molar-refractivity contribution in [3.05, 3.63) is 23.8 Å². The zero-order valence-corrected chi connectivity index (χ0v) is 14.2. The normalized spacial score (nSPS) is 22.2. The predicted octanol–water partition coefficient (Wildman–Crippen LogP) is 0.955. The van der Waals surface area contributed by atoms with Crippen molar-refractivity contribution in [2.24, 2.45) is 11.7 Å². The highest BCUT2D eigenvalue weighted by atomic mass is 32.2. The summed E-state index contributed by atoms with van der Waals surface area (Å²) in [4.78, 5) is 13.7. The molecular formula is C16H23N3O3S. The number of sulfonamides is 1. The van der Waals surface area contributed by atoms with Crippen LogP contribution in [0.3, 0.4) is 0 Å². The second-order valence-electron chi connectivity index (χ2n) is 6.32. The van der Waals surface area contributed by atoms with Gasteiger partial charge in [-0.25, -0.2) is 8.42 Å². The number of amides is 1. The van der Waals surface area contributed by atoms with E-state index < -0.39 is 10.0 Å². The van der Waals surface area contributed by atoms with Crippen LogP contribution in [0.2, 0.25) is 0 Å². The van der Waals surface area contributed by atoms with Crippen molar-refractivity contribution in [3.8, 4) is 0 Å². The highest BCUT2D eigenvalue weighted by molar-refractivity contribution is 7.89. The van der Waals surface area contributed by atoms with E-state index in [0.717, 1.165) is 30.5 Å². The fourth-order valence-corrected chi connectivity index (χ4v) is 4.95. The molecule has 0 radical (unpaired) electrons. The van der Waals surface area contributed by atoms with Crippen LogP contribution in [-0.2, 0) is 21.2 Å². The largest absolute Gasteiger partial charge is 0.330 e. The van der Waals surface area contributed by atoms with Gasteiger partial charge in [0.25, 0.3) is 0 Å². The van der Waals surface area contributed by atoms with Crippen LogP contribution in [-0.4, -0.2) is 44.8 Å². The van der Waals surface area contributed by atoms with Crippen LogP contribution < -0.4 is 10.6 Å². The molecule has 1 atom stereocenters. The first kappa shape index (κ1) is 16.4. The molecule has 0 aliphatic carbocycles. The molecule has 126 valence electrons. The number of anilines is 1. The van der Waals surface area contributed by atoms with Crippen LogP contribution in [0.4, 0.5) is 5.69 Å². The van der Waals surface area contributed by atoms with E-state index in [1.165, 1.54) is 11.2 Å². The van der Waals surface area contributed by atoms with Crippen molar-refractivity contribution >= 4 is 21.6 Å². The third-order valence-corrected chi connectivity index (χ3v) is 6.64. The minimum atomic E-state index is -3.52. The Morgan fingerprint density at radius 3 is 2.78 bits per heavy atom. The Balaban J connectivity index is 1.95. The van der Waals surface area contributed by atoms with E-state index in [4.69, 9.17) is 5.73 Å². The van der Waals surface area contributed by atoms with Crippen LogP contribution in [0.25, 0.3) is 0 Å². The fourth-order valence-electron chi connectivity index (χ4n) is 3.40. The van der Waals surface area contributed by atoms with E-state index in [0.29, 0.717) is 26.2 Å². The van der Waals surface area contributed by atoms with E-state index in [1.807, 2.05) is 6.07 Å². The van der Waals surface area contributed by atoms with E-state index in [1.54, 1.807) is 17.0 Å². The fraction of sp³-hybridized carbons (Fsp3) is 0.562. The number of nitrogens with zero attached hydrogens (tertiary/aromatic N) is 2. The van der Waals surface area contributed by atoms with Crippen molar-refractivity contribution in [3.63, 3.8) is 0 Å². The number of carbonyl (C=O) groups is 1. The zero-order valence-electron chi connectivity index (χ0n) is 13.4. The van der Waals surface area contributed by atoms with Gasteiger partial charge in [-0.05, 0) is 49.4 Å². The first-order valence-corrected chi connectivity index (χ1v) is 9.48. The standard InChI is InChI=1S/C16H23N3O3S/c1-12(20)19-7-2-3-14-4-5-15(9-16(14)19)23(21,22)18-8-6-13(10-17)11-18/h4-5,9,13H,2-3,6-8,10-11,17H2,1H3. The summed E-state index contributed by atoms with van der Waals surface area (Å²) in [5.74, 6) is 0.181. The number of benzene rings is 1. The van der Waals surface area contributed by atoms with Crippen LogP contribution >= 0.6 is 0 Å². The molecule has 0 bridgehead atoms. The van der Waals surface area contributed by atoms with Gasteiger partial charge in [0.15, 0.2) is 0 Å². The van der Waals surface area contributed by atoms with Crippen LogP contribution in [0.15, 0.2) is 23.1 Å². The average Bonchev–Trinajstić information content (AvgIpc) is 3.03. The van der Waals surface area contributed by atoms with Crippen LogP contribution in [0, 0.1) is 5.92 Å². The summed E-state index contributed by atoms with van der Waals surface area (Å²) in [5, 5.41) is 0. The number of hydrogen-bond donors (Lipinski definition) is 1. The smallest absolute Gasteiger partial charge is 0.243 e. The number of hydrogen-bond acceptors (Lipinski definition) is 4. The maximum atomic E-state index is 12.8. The second kappa shape index (κ2) is 6.22. The van der Waals surface area contributed by atoms with Gasteiger partial charge in [-0.2, -0.15) is 4.31 Å². The van der Waals surface area contributed by atoms with E-state index in [9.17, 15) is 13.2 Å². The SMILES string of the molecule is CC(=O)N1CCCc2ccc(S(=O)(=O)N3CCC(CN)C3)cc21. The van der Waals surface area contributed by atoms with Crippen LogP contribution in [0.1, 0.15) is 25.3 Å². The van der Waals surface area contributed by atoms with Gasteiger partial charge in [-0.1, -0.05) is 6.07 Å². The first-order valence-electron chi connectivity index (χ1n) is 8.04. The Kier molecular flexibility index (Phi) is 4.44. The number of rotatable bonds is 3. The number of carbonyl (C=O) groups excluding carboxylic acids is 1. The quantitative estimate of drug-likeness (QED) is 0.890. The Bertz CT molecular complexity index is 717. The van der Waals surface area contributed by atoms with Gasteiger partial charge < -0.3 is 10.6 Å². The minimum Gasteiger partial charge on any atom is -0.330 e. The van der Waals surface area contributed by atoms with Gasteiger partial charge in [0.1, 0.15) is 0 Å². The summed E-state index contributed by atoms with van der Waals surface area (Å²) in [6, 6.07) is 5.16. The first-order chi connectivity index (χ1) is 10.9. The average molecular weight is 337 g/mol. The van der Waals surface area contributed by atoms with Gasteiger partial charge in [0.05, 0.1) is 4.90 Å². The van der Waals surface area contributed by atoms with Crippen molar-refractivity contribution in [1.82, 2.24) is 4.31 Å². The molecular weight excluding hydrogens is 314 g/mol. The lowest BCUT2D eigenvalue weighted by Gasteiger charge is -2.29. The van der Waals surface area contributed by atoms with Crippen molar-refractivity contribution in [1.29, 1.82) is 0 Å². The molecule has 1 aromatic carbocycles. The summed E-state index contributed by atoms with van der Waals surface area (Å²) >= 11 is 0. The molecule has 0 aromatic heterocycles. The summed E-state index contributed by atoms with van der Waals surface area (Å²) < 4.78 is 27.2. The lowest BCUT2D eigenvalue weighted by atomic mass is 10.0. The minimum absolute atomic E-state index is 0.0510. The molecule has 23 heavy (non-hydrogen) atoms.